The molecule has 23 heavy (non-hydrogen) atoms. The topological polar surface area (TPSA) is 176 Å². The summed E-state index contributed by atoms with van der Waals surface area (Å²) in [6.07, 6.45) is -1.87. The molecule has 138 valence electrons. The highest BCUT2D eigenvalue weighted by Gasteiger charge is 2.27. The number of likely N-dealkylation sites (N-methyl/N-ethyl adjacent to an activating group) is 1. The van der Waals surface area contributed by atoms with Crippen molar-refractivity contribution in [2.75, 3.05) is 27.6 Å². The molecule has 0 aromatic rings. The first-order valence-corrected chi connectivity index (χ1v) is 7.46. The second-order valence-corrected chi connectivity index (χ2v) is 6.70. The van der Waals surface area contributed by atoms with Crippen LogP contribution in [-0.2, 0) is 14.3 Å². The Hall–Kier alpha value is -1.01. The zero-order valence-electron chi connectivity index (χ0n) is 16.3. The number of carboxylic acids is 1. The van der Waals surface area contributed by atoms with Gasteiger partial charge in [-0.3, -0.25) is 9.59 Å². The van der Waals surface area contributed by atoms with Crippen LogP contribution in [0.15, 0.2) is 0 Å². The molecule has 0 unspecified atom stereocenters. The lowest BCUT2D eigenvalue weighted by Crippen LogP contribution is -2.68. The lowest BCUT2D eigenvalue weighted by Gasteiger charge is -2.28. The Kier molecular flexibility index (Phi) is 7.43. The predicted molar refractivity (Wildman–Crippen MR) is 65.9 cm³/mol. The molecule has 0 rings (SSSR count). The van der Waals surface area contributed by atoms with Gasteiger partial charge >= 0.3 is 11.9 Å². The molecule has 0 amide bonds. The van der Waals surface area contributed by atoms with Crippen LogP contribution in [0.25, 0.3) is 0 Å². The molecule has 2 N–H and O–H groups in total. The van der Waals surface area contributed by atoms with Crippen LogP contribution in [-0.4, -0.2) is 66.0 Å². The molecule has 0 saturated heterocycles. The van der Waals surface area contributed by atoms with E-state index in [1.54, 1.807) is 0 Å². The van der Waals surface area contributed by atoms with Crippen LogP contribution >= 0.6 is 0 Å². The van der Waals surface area contributed by atoms with Crippen molar-refractivity contribution < 1.29 is 62.0 Å². The van der Waals surface area contributed by atoms with Crippen LogP contribution in [0, 0.1) is 10.2 Å². The smallest absolute Gasteiger partial charge is 0.309 e. The van der Waals surface area contributed by atoms with Gasteiger partial charge in [-0.25, -0.2) is 18.6 Å². The van der Waals surface area contributed by atoms with Gasteiger partial charge in [0.15, 0.2) is 6.10 Å². The summed E-state index contributed by atoms with van der Waals surface area (Å²) in [7, 11) is -2.13. The summed E-state index contributed by atoms with van der Waals surface area (Å²) < 4.78 is 60.8. The standard InChI is InChI=1S/C12H23NO5.ClHO4/c1-12(2,17)7-11(16)18-9(6-10(14)15)8-13(3,4)5;2-1(3,4)5/h9,17H,6-8H2,1-5H3;(H,2,3,4,5)/t9-;/m1./s1/i3D3;. The van der Waals surface area contributed by atoms with E-state index in [1.807, 2.05) is 0 Å². The number of hydrogen-bond acceptors (Lipinski definition) is 8. The Morgan fingerprint density at radius 3 is 2.04 bits per heavy atom. The number of nitrogens with zero attached hydrogens (tertiary/aromatic N) is 1. The van der Waals surface area contributed by atoms with E-state index in [0.717, 1.165) is 0 Å². The number of halogens is 1. The molecule has 0 aliphatic heterocycles. The Labute approximate surface area is 141 Å². The zero-order valence-corrected chi connectivity index (χ0v) is 14.0. The number of hydrogen-bond donors (Lipinski definition) is 2. The fourth-order valence-electron chi connectivity index (χ4n) is 1.43. The number of rotatable bonds is 7. The summed E-state index contributed by atoms with van der Waals surface area (Å²) in [5.74, 6) is -1.96. The number of carbonyl (C=O) groups excluding carboxylic acids is 1. The van der Waals surface area contributed by atoms with E-state index in [9.17, 15) is 14.7 Å². The molecule has 11 heteroatoms. The summed E-state index contributed by atoms with van der Waals surface area (Å²) >= 11 is 0. The molecule has 0 aromatic carbocycles. The molecule has 0 radical (unpaired) electrons. The van der Waals surface area contributed by atoms with Crippen molar-refractivity contribution in [2.24, 2.45) is 0 Å². The predicted octanol–water partition coefficient (Wildman–Crippen LogP) is -4.52. The first-order valence-electron chi connectivity index (χ1n) is 7.72. The molecule has 0 aliphatic rings. The molecule has 0 aliphatic carbocycles. The minimum absolute atomic E-state index is 0.166. The molecule has 0 fully saturated rings. The number of quaternary nitrogens is 1. The molecule has 1 atom stereocenters. The monoisotopic (exact) mass is 364 g/mol. The third kappa shape index (κ3) is 26.2. The highest BCUT2D eigenvalue weighted by atomic mass is 35.7. The molecule has 0 heterocycles. The van der Waals surface area contributed by atoms with Gasteiger partial charge in [-0.2, -0.15) is 0 Å². The highest BCUT2D eigenvalue weighted by molar-refractivity contribution is 5.72. The van der Waals surface area contributed by atoms with Gasteiger partial charge in [0.05, 0.1) is 43.6 Å². The third-order valence-corrected chi connectivity index (χ3v) is 1.94. The number of ether oxygens (including phenoxy) is 1. The number of carbonyl (C=O) groups is 2. The molecular weight excluding hydrogens is 338 g/mol. The van der Waals surface area contributed by atoms with E-state index in [0.29, 0.717) is 0 Å². The Morgan fingerprint density at radius 2 is 1.74 bits per heavy atom. The van der Waals surface area contributed by atoms with Crippen LogP contribution in [0.5, 0.6) is 0 Å². The van der Waals surface area contributed by atoms with E-state index in [-0.39, 0.29) is 13.0 Å². The molecule has 10 nitrogen and oxygen atoms in total. The van der Waals surface area contributed by atoms with E-state index < -0.39 is 51.8 Å². The summed E-state index contributed by atoms with van der Waals surface area (Å²) in [5.41, 5.74) is -1.28. The Bertz CT molecular complexity index is 466. The van der Waals surface area contributed by atoms with Crippen molar-refractivity contribution in [3.05, 3.63) is 0 Å². The van der Waals surface area contributed by atoms with Crippen molar-refractivity contribution in [1.82, 2.24) is 0 Å². The van der Waals surface area contributed by atoms with E-state index in [2.05, 4.69) is 0 Å². The van der Waals surface area contributed by atoms with Crippen LogP contribution in [0.1, 0.15) is 30.8 Å². The fourth-order valence-corrected chi connectivity index (χ4v) is 1.43. The van der Waals surface area contributed by atoms with Crippen molar-refractivity contribution in [1.29, 1.82) is 0 Å². The SMILES string of the molecule is [2H]C([2H])([2H])[N+](C)(C)C[C@@H](CC(=O)O)OC(=O)CC(C)(C)O.[O-][Cl+3]([O-])([O-])[O-]. The lowest BCUT2D eigenvalue weighted by atomic mass is 10.1. The summed E-state index contributed by atoms with van der Waals surface area (Å²) in [4.78, 5) is 22.5. The minimum Gasteiger partial charge on any atom is -0.481 e. The quantitative estimate of drug-likeness (QED) is 0.332. The minimum atomic E-state index is -4.94. The summed E-state index contributed by atoms with van der Waals surface area (Å²) in [6.45, 7) is 0.311. The second-order valence-electron chi connectivity index (χ2n) is 5.94. The summed E-state index contributed by atoms with van der Waals surface area (Å²) in [5, 5.41) is 18.4. The van der Waals surface area contributed by atoms with Gasteiger partial charge in [0, 0.05) is 0 Å². The van der Waals surface area contributed by atoms with Crippen molar-refractivity contribution in [3.8, 4) is 0 Å². The van der Waals surface area contributed by atoms with Gasteiger partial charge in [-0.15, -0.1) is 10.2 Å². The number of aliphatic carboxylic acids is 1. The summed E-state index contributed by atoms with van der Waals surface area (Å²) in [6, 6.07) is 0. The van der Waals surface area contributed by atoms with Crippen molar-refractivity contribution in [2.45, 2.75) is 38.4 Å². The third-order valence-electron chi connectivity index (χ3n) is 1.94. The largest absolute Gasteiger partial charge is 0.481 e. The van der Waals surface area contributed by atoms with Crippen LogP contribution in [0.2, 0.25) is 0 Å². The first kappa shape index (κ1) is 18.3. The van der Waals surface area contributed by atoms with Crippen LogP contribution < -0.4 is 18.6 Å². The Morgan fingerprint density at radius 1 is 1.30 bits per heavy atom. The molecule has 0 spiro atoms. The molecule has 0 bridgehead atoms. The van der Waals surface area contributed by atoms with Crippen molar-refractivity contribution in [3.63, 3.8) is 0 Å². The number of aliphatic hydroxyl groups is 1. The maximum atomic E-state index is 11.7. The Balaban J connectivity index is 0. The van der Waals surface area contributed by atoms with E-state index in [4.69, 9.17) is 32.6 Å². The van der Waals surface area contributed by atoms with Gasteiger partial charge in [0.1, 0.15) is 6.54 Å². The van der Waals surface area contributed by atoms with Gasteiger partial charge in [-0.05, 0) is 13.8 Å². The maximum absolute atomic E-state index is 11.7. The molecule has 0 saturated carbocycles. The van der Waals surface area contributed by atoms with Crippen LogP contribution in [0.4, 0.5) is 0 Å². The zero-order chi connectivity index (χ0) is 21.6. The lowest BCUT2D eigenvalue weighted by molar-refractivity contribution is -2.00. The average molecular weight is 365 g/mol. The van der Waals surface area contributed by atoms with Gasteiger partial charge < -0.3 is 19.4 Å². The second kappa shape index (κ2) is 9.33. The fraction of sp³-hybridized carbons (Fsp3) is 0.833. The van der Waals surface area contributed by atoms with Gasteiger partial charge in [-0.1, -0.05) is 0 Å². The number of carboxylic acid groups (broad SMARTS) is 1. The van der Waals surface area contributed by atoms with E-state index in [1.165, 1.54) is 27.9 Å². The van der Waals surface area contributed by atoms with E-state index >= 15 is 0 Å². The van der Waals surface area contributed by atoms with Crippen molar-refractivity contribution >= 4 is 11.9 Å². The molecular formula is C12H24ClNO9. The normalized spacial score (nSPS) is 16.1. The average Bonchev–Trinajstić information content (AvgIpc) is 2.18. The maximum Gasteiger partial charge on any atom is 0.309 e. The molecule has 0 aromatic heterocycles. The van der Waals surface area contributed by atoms with Crippen LogP contribution in [0.3, 0.4) is 0 Å². The van der Waals surface area contributed by atoms with Gasteiger partial charge in [0.2, 0.25) is 0 Å². The number of esters is 1. The highest BCUT2D eigenvalue weighted by Crippen LogP contribution is 2.12. The van der Waals surface area contributed by atoms with Gasteiger partial charge in [0.25, 0.3) is 0 Å². The first-order chi connectivity index (χ1) is 11.1.